The summed E-state index contributed by atoms with van der Waals surface area (Å²) in [4.78, 5) is 14.3. The predicted octanol–water partition coefficient (Wildman–Crippen LogP) is 1.91. The molecule has 1 unspecified atom stereocenters. The smallest absolute Gasteiger partial charge is 0.251 e. The van der Waals surface area contributed by atoms with Gasteiger partial charge in [-0.1, -0.05) is 24.3 Å². The number of rotatable bonds is 4. The van der Waals surface area contributed by atoms with Gasteiger partial charge in [0.05, 0.1) is 4.90 Å². The number of amides is 1. The molecule has 0 aromatic heterocycles. The van der Waals surface area contributed by atoms with Crippen LogP contribution in [0.5, 0.6) is 0 Å². The summed E-state index contributed by atoms with van der Waals surface area (Å²) >= 11 is 0. The van der Waals surface area contributed by atoms with Gasteiger partial charge in [-0.3, -0.25) is 9.69 Å². The van der Waals surface area contributed by atoms with Crippen LogP contribution in [-0.2, 0) is 22.9 Å². The normalized spacial score (nSPS) is 20.8. The lowest BCUT2D eigenvalue weighted by molar-refractivity contribution is 0.0963. The minimum absolute atomic E-state index is 0.225. The van der Waals surface area contributed by atoms with E-state index in [1.54, 1.807) is 23.5 Å². The molecular weight excluding hydrogens is 386 g/mol. The van der Waals surface area contributed by atoms with Crippen molar-refractivity contribution in [2.75, 3.05) is 33.2 Å². The van der Waals surface area contributed by atoms with Gasteiger partial charge in [0.25, 0.3) is 5.91 Å². The summed E-state index contributed by atoms with van der Waals surface area (Å²) in [5, 5.41) is 2.54. The SMILES string of the molecule is CNC(=O)c1ccc(S(=O)(=O)N2CCN(C3CCc4ccccc4C3)CC2)cc1. The van der Waals surface area contributed by atoms with Gasteiger partial charge in [-0.2, -0.15) is 4.31 Å². The third-order valence-corrected chi connectivity index (χ3v) is 8.00. The fourth-order valence-electron chi connectivity index (χ4n) is 4.37. The highest BCUT2D eigenvalue weighted by Gasteiger charge is 2.32. The van der Waals surface area contributed by atoms with Gasteiger partial charge >= 0.3 is 0 Å². The van der Waals surface area contributed by atoms with Crippen LogP contribution in [0.4, 0.5) is 0 Å². The van der Waals surface area contributed by atoms with E-state index in [0.29, 0.717) is 24.7 Å². The zero-order chi connectivity index (χ0) is 20.4. The summed E-state index contributed by atoms with van der Waals surface area (Å²) in [5.41, 5.74) is 3.33. The number of benzene rings is 2. The maximum Gasteiger partial charge on any atom is 0.251 e. The van der Waals surface area contributed by atoms with Crippen LogP contribution in [0.1, 0.15) is 27.9 Å². The molecule has 0 radical (unpaired) electrons. The molecule has 1 N–H and O–H groups in total. The lowest BCUT2D eigenvalue weighted by atomic mass is 9.87. The first-order valence-corrected chi connectivity index (χ1v) is 11.6. The monoisotopic (exact) mass is 413 g/mol. The van der Waals surface area contributed by atoms with E-state index in [0.717, 1.165) is 32.4 Å². The molecule has 1 saturated heterocycles. The van der Waals surface area contributed by atoms with Crippen molar-refractivity contribution < 1.29 is 13.2 Å². The molecule has 1 fully saturated rings. The van der Waals surface area contributed by atoms with Gasteiger partial charge in [0, 0.05) is 44.8 Å². The fraction of sp³-hybridized carbons (Fsp3) is 0.409. The molecule has 0 saturated carbocycles. The Labute approximate surface area is 172 Å². The minimum atomic E-state index is -3.54. The molecule has 2 aromatic rings. The quantitative estimate of drug-likeness (QED) is 0.831. The molecule has 1 aliphatic carbocycles. The van der Waals surface area contributed by atoms with Crippen molar-refractivity contribution >= 4 is 15.9 Å². The average Bonchev–Trinajstić information content (AvgIpc) is 2.78. The number of hydrogen-bond acceptors (Lipinski definition) is 4. The van der Waals surface area contributed by atoms with Crippen molar-refractivity contribution in [3.8, 4) is 0 Å². The van der Waals surface area contributed by atoms with Crippen molar-refractivity contribution in [1.82, 2.24) is 14.5 Å². The number of aryl methyl sites for hydroxylation is 1. The Hall–Kier alpha value is -2.22. The van der Waals surface area contributed by atoms with Crippen LogP contribution in [0.3, 0.4) is 0 Å². The molecule has 29 heavy (non-hydrogen) atoms. The first-order valence-electron chi connectivity index (χ1n) is 10.1. The van der Waals surface area contributed by atoms with Gasteiger partial charge in [-0.15, -0.1) is 0 Å². The summed E-state index contributed by atoms with van der Waals surface area (Å²) in [7, 11) is -1.99. The Morgan fingerprint density at radius 2 is 1.62 bits per heavy atom. The summed E-state index contributed by atoms with van der Waals surface area (Å²) in [6, 6.07) is 15.3. The molecular formula is C22H27N3O3S. The van der Waals surface area contributed by atoms with E-state index in [1.165, 1.54) is 23.3 Å². The summed E-state index contributed by atoms with van der Waals surface area (Å²) in [6.07, 6.45) is 3.27. The maximum absolute atomic E-state index is 13.0. The van der Waals surface area contributed by atoms with Gasteiger partial charge in [0.15, 0.2) is 0 Å². The molecule has 1 amide bonds. The van der Waals surface area contributed by atoms with Crippen LogP contribution in [0, 0.1) is 0 Å². The number of nitrogens with one attached hydrogen (secondary N) is 1. The molecule has 2 aliphatic rings. The van der Waals surface area contributed by atoms with Crippen molar-refractivity contribution in [2.45, 2.75) is 30.2 Å². The van der Waals surface area contributed by atoms with Gasteiger partial charge in [-0.05, 0) is 54.7 Å². The molecule has 1 atom stereocenters. The highest BCUT2D eigenvalue weighted by Crippen LogP contribution is 2.26. The molecule has 4 rings (SSSR count). The number of fused-ring (bicyclic) bond motifs is 1. The van der Waals surface area contributed by atoms with E-state index in [1.807, 2.05) is 0 Å². The van der Waals surface area contributed by atoms with E-state index in [2.05, 4.69) is 34.5 Å². The number of piperazine rings is 1. The first-order chi connectivity index (χ1) is 14.0. The van der Waals surface area contributed by atoms with E-state index in [-0.39, 0.29) is 10.8 Å². The Bertz CT molecular complexity index is 981. The van der Waals surface area contributed by atoms with E-state index in [4.69, 9.17) is 0 Å². The predicted molar refractivity (Wildman–Crippen MR) is 112 cm³/mol. The second kappa shape index (κ2) is 8.26. The summed E-state index contributed by atoms with van der Waals surface area (Å²) < 4.78 is 27.5. The maximum atomic E-state index is 13.0. The van der Waals surface area contributed by atoms with Crippen LogP contribution < -0.4 is 5.32 Å². The van der Waals surface area contributed by atoms with Crippen molar-refractivity contribution in [3.63, 3.8) is 0 Å². The van der Waals surface area contributed by atoms with Crippen LogP contribution >= 0.6 is 0 Å². The Balaban J connectivity index is 1.39. The molecule has 6 nitrogen and oxygen atoms in total. The van der Waals surface area contributed by atoms with Crippen LogP contribution in [0.2, 0.25) is 0 Å². The summed E-state index contributed by atoms with van der Waals surface area (Å²) in [6.45, 7) is 2.50. The van der Waals surface area contributed by atoms with Gasteiger partial charge in [0.2, 0.25) is 10.0 Å². The fourth-order valence-corrected chi connectivity index (χ4v) is 5.79. The van der Waals surface area contributed by atoms with Crippen LogP contribution in [-0.4, -0.2) is 62.8 Å². The molecule has 0 spiro atoms. The summed E-state index contributed by atoms with van der Waals surface area (Å²) in [5.74, 6) is -0.225. The number of hydrogen-bond donors (Lipinski definition) is 1. The Kier molecular flexibility index (Phi) is 5.72. The molecule has 1 aliphatic heterocycles. The highest BCUT2D eigenvalue weighted by atomic mass is 32.2. The second-order valence-electron chi connectivity index (χ2n) is 7.71. The minimum Gasteiger partial charge on any atom is -0.355 e. The lowest BCUT2D eigenvalue weighted by Gasteiger charge is -2.40. The Morgan fingerprint density at radius 1 is 0.966 bits per heavy atom. The first kappa shape index (κ1) is 20.1. The van der Waals surface area contributed by atoms with Crippen LogP contribution in [0.15, 0.2) is 53.4 Å². The van der Waals surface area contributed by atoms with Crippen molar-refractivity contribution in [1.29, 1.82) is 0 Å². The molecule has 154 valence electrons. The zero-order valence-corrected chi connectivity index (χ0v) is 17.5. The van der Waals surface area contributed by atoms with E-state index in [9.17, 15) is 13.2 Å². The van der Waals surface area contributed by atoms with E-state index >= 15 is 0 Å². The molecule has 2 aromatic carbocycles. The number of carbonyl (C=O) groups excluding carboxylic acids is 1. The third kappa shape index (κ3) is 4.08. The number of nitrogens with zero attached hydrogens (tertiary/aromatic N) is 2. The second-order valence-corrected chi connectivity index (χ2v) is 9.65. The number of carbonyl (C=O) groups is 1. The molecule has 0 bridgehead atoms. The van der Waals surface area contributed by atoms with Crippen LogP contribution in [0.25, 0.3) is 0 Å². The van der Waals surface area contributed by atoms with E-state index < -0.39 is 10.0 Å². The topological polar surface area (TPSA) is 69.7 Å². The largest absolute Gasteiger partial charge is 0.355 e. The van der Waals surface area contributed by atoms with Gasteiger partial charge in [-0.25, -0.2) is 8.42 Å². The van der Waals surface area contributed by atoms with Crippen molar-refractivity contribution in [3.05, 3.63) is 65.2 Å². The number of sulfonamides is 1. The van der Waals surface area contributed by atoms with Crippen molar-refractivity contribution in [2.24, 2.45) is 0 Å². The average molecular weight is 414 g/mol. The van der Waals surface area contributed by atoms with Gasteiger partial charge in [0.1, 0.15) is 0 Å². The van der Waals surface area contributed by atoms with Gasteiger partial charge < -0.3 is 5.32 Å². The molecule has 7 heteroatoms. The Morgan fingerprint density at radius 3 is 2.28 bits per heavy atom. The lowest BCUT2D eigenvalue weighted by Crippen LogP contribution is -2.53. The zero-order valence-electron chi connectivity index (χ0n) is 16.7. The third-order valence-electron chi connectivity index (χ3n) is 6.09. The molecule has 1 heterocycles. The highest BCUT2D eigenvalue weighted by molar-refractivity contribution is 7.89. The standard InChI is InChI=1S/C22H27N3O3S/c1-23-22(26)18-7-10-21(11-8-18)29(27,28)25-14-12-24(13-15-25)20-9-6-17-4-2-3-5-19(17)16-20/h2-5,7-8,10-11,20H,6,9,12-16H2,1H3,(H,23,26).